The van der Waals surface area contributed by atoms with Crippen molar-refractivity contribution in [3.05, 3.63) is 21.7 Å². The number of nitro groups is 1. The lowest BCUT2D eigenvalue weighted by atomic mass is 10.1. The molecule has 0 saturated carbocycles. The molecule has 9 heteroatoms. The smallest absolute Gasteiger partial charge is 0.315 e. The van der Waals surface area contributed by atoms with Gasteiger partial charge in [0.05, 0.1) is 31.8 Å². The maximum atomic E-state index is 12.7. The molecule has 9 nitrogen and oxygen atoms in total. The van der Waals surface area contributed by atoms with Crippen LogP contribution in [0.5, 0.6) is 17.2 Å². The average Bonchev–Trinajstić information content (AvgIpc) is 2.59. The maximum Gasteiger partial charge on any atom is 0.315 e. The van der Waals surface area contributed by atoms with Crippen molar-refractivity contribution in [2.24, 2.45) is 0 Å². The standard InChI is InChI=1S/C14H19N3O6/c1-21-11-9(14(18)16-6-4-15-5-7-16)8-10(17(19)20)12(22-2)13(11)23-3/h8,15H,4-7H2,1-3H3. The Kier molecular flexibility index (Phi) is 5.22. The number of hydrogen-bond donors (Lipinski definition) is 1. The highest BCUT2D eigenvalue weighted by atomic mass is 16.6. The summed E-state index contributed by atoms with van der Waals surface area (Å²) >= 11 is 0. The molecule has 1 aromatic rings. The van der Waals surface area contributed by atoms with Gasteiger partial charge in [-0.25, -0.2) is 0 Å². The number of methoxy groups -OCH3 is 3. The molecule has 2 rings (SSSR count). The van der Waals surface area contributed by atoms with E-state index in [1.54, 1.807) is 4.90 Å². The van der Waals surface area contributed by atoms with E-state index < -0.39 is 4.92 Å². The monoisotopic (exact) mass is 325 g/mol. The van der Waals surface area contributed by atoms with Gasteiger partial charge in [0.15, 0.2) is 5.75 Å². The van der Waals surface area contributed by atoms with Crippen molar-refractivity contribution >= 4 is 11.6 Å². The lowest BCUT2D eigenvalue weighted by molar-refractivity contribution is -0.385. The quantitative estimate of drug-likeness (QED) is 0.626. The highest BCUT2D eigenvalue weighted by Crippen LogP contribution is 2.46. The number of hydrogen-bond acceptors (Lipinski definition) is 7. The van der Waals surface area contributed by atoms with Gasteiger partial charge in [0, 0.05) is 32.2 Å². The van der Waals surface area contributed by atoms with Crippen molar-refractivity contribution in [2.75, 3.05) is 47.5 Å². The van der Waals surface area contributed by atoms with E-state index in [2.05, 4.69) is 5.32 Å². The second-order valence-electron chi connectivity index (χ2n) is 4.84. The van der Waals surface area contributed by atoms with Crippen LogP contribution in [-0.2, 0) is 0 Å². The fourth-order valence-corrected chi connectivity index (χ4v) is 2.53. The first-order chi connectivity index (χ1) is 11.0. The van der Waals surface area contributed by atoms with E-state index in [-0.39, 0.29) is 34.4 Å². The molecule has 1 aromatic carbocycles. The molecule has 0 spiro atoms. The molecule has 23 heavy (non-hydrogen) atoms. The number of rotatable bonds is 5. The Labute approximate surface area is 133 Å². The Balaban J connectivity index is 2.59. The van der Waals surface area contributed by atoms with Gasteiger partial charge in [0.1, 0.15) is 0 Å². The van der Waals surface area contributed by atoms with Crippen molar-refractivity contribution in [3.8, 4) is 17.2 Å². The zero-order chi connectivity index (χ0) is 17.0. The largest absolute Gasteiger partial charge is 0.492 e. The number of carbonyl (C=O) groups is 1. The molecular formula is C14H19N3O6. The second-order valence-corrected chi connectivity index (χ2v) is 4.84. The van der Waals surface area contributed by atoms with Gasteiger partial charge in [-0.15, -0.1) is 0 Å². The van der Waals surface area contributed by atoms with Gasteiger partial charge in [-0.3, -0.25) is 14.9 Å². The van der Waals surface area contributed by atoms with Gasteiger partial charge in [0.2, 0.25) is 11.5 Å². The van der Waals surface area contributed by atoms with Gasteiger partial charge in [0.25, 0.3) is 5.91 Å². The first-order valence-electron chi connectivity index (χ1n) is 7.02. The van der Waals surface area contributed by atoms with Crippen LogP contribution in [0.1, 0.15) is 10.4 Å². The summed E-state index contributed by atoms with van der Waals surface area (Å²) in [5, 5.41) is 14.4. The van der Waals surface area contributed by atoms with Gasteiger partial charge < -0.3 is 24.4 Å². The van der Waals surface area contributed by atoms with E-state index in [1.807, 2.05) is 0 Å². The van der Waals surface area contributed by atoms with Gasteiger partial charge in [-0.2, -0.15) is 0 Å². The number of nitro benzene ring substituents is 1. The number of benzene rings is 1. The van der Waals surface area contributed by atoms with Crippen molar-refractivity contribution in [3.63, 3.8) is 0 Å². The minimum absolute atomic E-state index is 0.0303. The first-order valence-corrected chi connectivity index (χ1v) is 7.02. The molecule has 1 saturated heterocycles. The van der Waals surface area contributed by atoms with E-state index in [1.165, 1.54) is 27.4 Å². The van der Waals surface area contributed by atoms with Crippen LogP contribution in [-0.4, -0.2) is 63.2 Å². The molecule has 1 fully saturated rings. The molecule has 0 unspecified atom stereocenters. The Morgan fingerprint density at radius 2 is 1.70 bits per heavy atom. The van der Waals surface area contributed by atoms with Crippen molar-refractivity contribution in [1.82, 2.24) is 10.2 Å². The van der Waals surface area contributed by atoms with Crippen molar-refractivity contribution in [1.29, 1.82) is 0 Å². The molecule has 1 aliphatic heterocycles. The average molecular weight is 325 g/mol. The van der Waals surface area contributed by atoms with Crippen molar-refractivity contribution < 1.29 is 23.9 Å². The van der Waals surface area contributed by atoms with Gasteiger partial charge >= 0.3 is 5.69 Å². The van der Waals surface area contributed by atoms with Crippen LogP contribution in [0.2, 0.25) is 0 Å². The molecule has 1 heterocycles. The predicted octanol–water partition coefficient (Wildman–Crippen LogP) is 0.666. The molecule has 126 valence electrons. The minimum atomic E-state index is -0.616. The van der Waals surface area contributed by atoms with Crippen LogP contribution in [0, 0.1) is 10.1 Å². The van der Waals surface area contributed by atoms with Crippen LogP contribution in [0.3, 0.4) is 0 Å². The van der Waals surface area contributed by atoms with E-state index in [0.717, 1.165) is 0 Å². The lowest BCUT2D eigenvalue weighted by Crippen LogP contribution is -2.46. The molecule has 0 atom stereocenters. The molecule has 1 N–H and O–H groups in total. The summed E-state index contributed by atoms with van der Waals surface area (Å²) < 4.78 is 15.5. The number of carbonyl (C=O) groups excluding carboxylic acids is 1. The summed E-state index contributed by atoms with van der Waals surface area (Å²) in [4.78, 5) is 25.0. The topological polar surface area (TPSA) is 103 Å². The van der Waals surface area contributed by atoms with Crippen LogP contribution in [0.25, 0.3) is 0 Å². The minimum Gasteiger partial charge on any atom is -0.492 e. The number of nitrogens with one attached hydrogen (secondary N) is 1. The summed E-state index contributed by atoms with van der Waals surface area (Å²) in [6.07, 6.45) is 0. The molecular weight excluding hydrogens is 306 g/mol. The van der Waals surface area contributed by atoms with Crippen LogP contribution in [0.4, 0.5) is 5.69 Å². The molecule has 0 aliphatic carbocycles. The van der Waals surface area contributed by atoms with Gasteiger partial charge in [-0.1, -0.05) is 0 Å². The molecule has 1 aliphatic rings. The third kappa shape index (κ3) is 3.14. The summed E-state index contributed by atoms with van der Waals surface area (Å²) in [6, 6.07) is 1.17. The summed E-state index contributed by atoms with van der Waals surface area (Å²) in [7, 11) is 4.00. The SMILES string of the molecule is COc1c(C(=O)N2CCNCC2)cc([N+](=O)[O-])c(OC)c1OC. The number of piperazine rings is 1. The van der Waals surface area contributed by atoms with E-state index in [4.69, 9.17) is 14.2 Å². The van der Waals surface area contributed by atoms with E-state index >= 15 is 0 Å². The lowest BCUT2D eigenvalue weighted by Gasteiger charge is -2.28. The summed E-state index contributed by atoms with van der Waals surface area (Å²) in [5.74, 6) is -0.264. The molecule has 0 bridgehead atoms. The number of amides is 1. The normalized spacial score (nSPS) is 14.3. The van der Waals surface area contributed by atoms with E-state index in [0.29, 0.717) is 26.2 Å². The van der Waals surface area contributed by atoms with Gasteiger partial charge in [-0.05, 0) is 0 Å². The highest BCUT2D eigenvalue weighted by molar-refractivity contribution is 5.99. The van der Waals surface area contributed by atoms with Crippen molar-refractivity contribution in [2.45, 2.75) is 0 Å². The third-order valence-electron chi connectivity index (χ3n) is 3.61. The van der Waals surface area contributed by atoms with E-state index in [9.17, 15) is 14.9 Å². The Morgan fingerprint density at radius 3 is 2.17 bits per heavy atom. The third-order valence-corrected chi connectivity index (χ3v) is 3.61. The zero-order valence-corrected chi connectivity index (χ0v) is 13.2. The zero-order valence-electron chi connectivity index (χ0n) is 13.2. The summed E-state index contributed by atoms with van der Waals surface area (Å²) in [6.45, 7) is 2.38. The Morgan fingerprint density at radius 1 is 1.13 bits per heavy atom. The maximum absolute atomic E-state index is 12.7. The first kappa shape index (κ1) is 16.8. The highest BCUT2D eigenvalue weighted by Gasteiger charge is 2.32. The molecule has 0 aromatic heterocycles. The number of ether oxygens (including phenoxy) is 3. The Bertz CT molecular complexity index is 613. The van der Waals surface area contributed by atoms with Crippen LogP contribution in [0.15, 0.2) is 6.07 Å². The molecule has 1 amide bonds. The second kappa shape index (κ2) is 7.14. The van der Waals surface area contributed by atoms with Crippen LogP contribution >= 0.6 is 0 Å². The van der Waals surface area contributed by atoms with Crippen LogP contribution < -0.4 is 19.5 Å². The molecule has 0 radical (unpaired) electrons. The predicted molar refractivity (Wildman–Crippen MR) is 81.5 cm³/mol. The summed E-state index contributed by atoms with van der Waals surface area (Å²) in [5.41, 5.74) is -0.262. The Hall–Kier alpha value is -2.55. The fraction of sp³-hybridized carbons (Fsp3) is 0.500. The number of nitrogens with zero attached hydrogens (tertiary/aromatic N) is 2. The fourth-order valence-electron chi connectivity index (χ4n) is 2.53.